The lowest BCUT2D eigenvalue weighted by Gasteiger charge is -2.24. The summed E-state index contributed by atoms with van der Waals surface area (Å²) in [5.41, 5.74) is 0.464. The van der Waals surface area contributed by atoms with Crippen molar-refractivity contribution in [2.75, 3.05) is 0 Å². The van der Waals surface area contributed by atoms with Crippen LogP contribution in [0.15, 0.2) is 42.5 Å². The monoisotopic (exact) mass is 300 g/mol. The van der Waals surface area contributed by atoms with Gasteiger partial charge in [0.05, 0.1) is 0 Å². The number of benzene rings is 2. The molecule has 0 saturated heterocycles. The lowest BCUT2D eigenvalue weighted by Crippen LogP contribution is -2.26. The van der Waals surface area contributed by atoms with Gasteiger partial charge < -0.3 is 4.74 Å². The van der Waals surface area contributed by atoms with E-state index in [9.17, 15) is 13.6 Å². The molecule has 0 saturated carbocycles. The molecule has 2 aromatic carbocycles. The zero-order chi connectivity index (χ0) is 16.3. The maximum Gasteiger partial charge on any atom is 0.304 e. The van der Waals surface area contributed by atoms with Crippen LogP contribution in [0.2, 0.25) is 0 Å². The molecule has 1 unspecified atom stereocenters. The van der Waals surface area contributed by atoms with Crippen molar-refractivity contribution in [2.24, 2.45) is 0 Å². The highest BCUT2D eigenvalue weighted by Crippen LogP contribution is 2.28. The van der Waals surface area contributed by atoms with Crippen LogP contribution in [-0.4, -0.2) is 5.97 Å². The number of ether oxygens (including phenoxy) is 1. The fraction of sp³-hybridized carbons (Fsp3) is 0.167. The summed E-state index contributed by atoms with van der Waals surface area (Å²) in [4.78, 5) is 11.2. The SMILES string of the molecule is C#CC(C)(OC(C)=O)c1ccc(-c2cc(F)cc(F)c2)cc1. The lowest BCUT2D eigenvalue weighted by atomic mass is 9.94. The third kappa shape index (κ3) is 3.32. The summed E-state index contributed by atoms with van der Waals surface area (Å²) in [5.74, 6) is 0.660. The summed E-state index contributed by atoms with van der Waals surface area (Å²) in [6.07, 6.45) is 5.45. The van der Waals surface area contributed by atoms with Gasteiger partial charge in [-0.15, -0.1) is 6.42 Å². The summed E-state index contributed by atoms with van der Waals surface area (Å²) >= 11 is 0. The van der Waals surface area contributed by atoms with E-state index in [4.69, 9.17) is 11.2 Å². The summed E-state index contributed by atoms with van der Waals surface area (Å²) in [6, 6.07) is 9.97. The van der Waals surface area contributed by atoms with Gasteiger partial charge in [0.25, 0.3) is 0 Å². The second-order valence-electron chi connectivity index (χ2n) is 5.01. The molecule has 2 aromatic rings. The Hall–Kier alpha value is -2.67. The molecular formula is C18H14F2O2. The quantitative estimate of drug-likeness (QED) is 0.631. The standard InChI is InChI=1S/C18H14F2O2/c1-4-18(3,22-12(2)21)15-7-5-13(6-8-15)14-9-16(19)11-17(20)10-14/h1,5-11H,2-3H3. The fourth-order valence-corrected chi connectivity index (χ4v) is 2.16. The van der Waals surface area contributed by atoms with E-state index in [0.29, 0.717) is 16.7 Å². The van der Waals surface area contributed by atoms with E-state index >= 15 is 0 Å². The first-order chi connectivity index (χ1) is 10.3. The van der Waals surface area contributed by atoms with Crippen LogP contribution in [0.1, 0.15) is 19.4 Å². The van der Waals surface area contributed by atoms with Crippen LogP contribution in [0.4, 0.5) is 8.78 Å². The molecule has 2 nitrogen and oxygen atoms in total. The first kappa shape index (κ1) is 15.7. The Morgan fingerprint density at radius 3 is 2.09 bits per heavy atom. The van der Waals surface area contributed by atoms with Gasteiger partial charge in [-0.1, -0.05) is 30.2 Å². The highest BCUT2D eigenvalue weighted by Gasteiger charge is 2.27. The molecule has 2 rings (SSSR count). The molecule has 1 atom stereocenters. The van der Waals surface area contributed by atoms with Crippen molar-refractivity contribution in [3.63, 3.8) is 0 Å². The van der Waals surface area contributed by atoms with Crippen LogP contribution in [0.5, 0.6) is 0 Å². The summed E-state index contributed by atoms with van der Waals surface area (Å²) in [7, 11) is 0. The number of halogens is 2. The number of carbonyl (C=O) groups is 1. The Kier molecular flexibility index (Phi) is 4.27. The maximum absolute atomic E-state index is 13.3. The van der Waals surface area contributed by atoms with E-state index in [2.05, 4.69) is 5.92 Å². The minimum atomic E-state index is -1.18. The Bertz CT molecular complexity index is 724. The number of carbonyl (C=O) groups excluding carboxylic acids is 1. The Balaban J connectivity index is 2.38. The van der Waals surface area contributed by atoms with Gasteiger partial charge in [-0.3, -0.25) is 4.79 Å². The van der Waals surface area contributed by atoms with Crippen LogP contribution >= 0.6 is 0 Å². The van der Waals surface area contributed by atoms with Crippen molar-refractivity contribution in [1.29, 1.82) is 0 Å². The van der Waals surface area contributed by atoms with E-state index < -0.39 is 23.2 Å². The maximum atomic E-state index is 13.3. The molecule has 0 fully saturated rings. The second-order valence-corrected chi connectivity index (χ2v) is 5.01. The minimum Gasteiger partial charge on any atom is -0.442 e. The van der Waals surface area contributed by atoms with Crippen LogP contribution in [0, 0.1) is 24.0 Å². The predicted octanol–water partition coefficient (Wildman–Crippen LogP) is 4.04. The summed E-state index contributed by atoms with van der Waals surface area (Å²) < 4.78 is 31.7. The molecule has 0 aliphatic rings. The second kappa shape index (κ2) is 5.98. The molecule has 0 aliphatic carbocycles. The van der Waals surface area contributed by atoms with Crippen LogP contribution in [-0.2, 0) is 15.1 Å². The van der Waals surface area contributed by atoms with E-state index in [1.165, 1.54) is 19.1 Å². The van der Waals surface area contributed by atoms with Gasteiger partial charge >= 0.3 is 5.97 Å². The van der Waals surface area contributed by atoms with E-state index in [-0.39, 0.29) is 0 Å². The molecule has 112 valence electrons. The first-order valence-electron chi connectivity index (χ1n) is 6.58. The van der Waals surface area contributed by atoms with E-state index in [1.807, 2.05) is 0 Å². The average molecular weight is 300 g/mol. The molecular weight excluding hydrogens is 286 g/mol. The fourth-order valence-electron chi connectivity index (χ4n) is 2.16. The molecule has 22 heavy (non-hydrogen) atoms. The van der Waals surface area contributed by atoms with Gasteiger partial charge in [-0.05, 0) is 30.2 Å². The van der Waals surface area contributed by atoms with Crippen LogP contribution < -0.4 is 0 Å². The molecule has 0 heterocycles. The van der Waals surface area contributed by atoms with Crippen molar-refractivity contribution in [3.8, 4) is 23.5 Å². The van der Waals surface area contributed by atoms with Crippen molar-refractivity contribution in [1.82, 2.24) is 0 Å². The van der Waals surface area contributed by atoms with Gasteiger partial charge in [-0.25, -0.2) is 8.78 Å². The largest absolute Gasteiger partial charge is 0.442 e. The Morgan fingerprint density at radius 1 is 1.09 bits per heavy atom. The zero-order valence-electron chi connectivity index (χ0n) is 12.2. The minimum absolute atomic E-state index is 0.416. The topological polar surface area (TPSA) is 26.3 Å². The smallest absolute Gasteiger partial charge is 0.304 e. The number of terminal acetylenes is 1. The van der Waals surface area contributed by atoms with Gasteiger partial charge in [0.2, 0.25) is 0 Å². The summed E-state index contributed by atoms with van der Waals surface area (Å²) in [6.45, 7) is 2.88. The molecule has 0 N–H and O–H groups in total. The molecule has 0 aromatic heterocycles. The van der Waals surface area contributed by atoms with E-state index in [1.54, 1.807) is 31.2 Å². The Labute approximate surface area is 127 Å². The van der Waals surface area contributed by atoms with Crippen molar-refractivity contribution < 1.29 is 18.3 Å². The predicted molar refractivity (Wildman–Crippen MR) is 79.7 cm³/mol. The molecule has 0 aliphatic heterocycles. The molecule has 4 heteroatoms. The van der Waals surface area contributed by atoms with Crippen LogP contribution in [0.3, 0.4) is 0 Å². The van der Waals surface area contributed by atoms with Crippen molar-refractivity contribution in [2.45, 2.75) is 19.4 Å². The van der Waals surface area contributed by atoms with Gasteiger partial charge in [0.1, 0.15) is 11.6 Å². The number of hydrogen-bond acceptors (Lipinski definition) is 2. The van der Waals surface area contributed by atoms with Crippen molar-refractivity contribution in [3.05, 3.63) is 59.7 Å². The molecule has 0 radical (unpaired) electrons. The highest BCUT2D eigenvalue weighted by molar-refractivity contribution is 5.68. The van der Waals surface area contributed by atoms with Crippen molar-refractivity contribution >= 4 is 5.97 Å². The van der Waals surface area contributed by atoms with Gasteiger partial charge in [0.15, 0.2) is 5.60 Å². The zero-order valence-corrected chi connectivity index (χ0v) is 12.2. The van der Waals surface area contributed by atoms with Gasteiger partial charge in [0, 0.05) is 18.6 Å². The molecule has 0 bridgehead atoms. The molecule has 0 amide bonds. The first-order valence-corrected chi connectivity index (χ1v) is 6.58. The normalized spacial score (nSPS) is 13.0. The van der Waals surface area contributed by atoms with Crippen LogP contribution in [0.25, 0.3) is 11.1 Å². The lowest BCUT2D eigenvalue weighted by molar-refractivity contribution is -0.151. The van der Waals surface area contributed by atoms with Gasteiger partial charge in [-0.2, -0.15) is 0 Å². The highest BCUT2D eigenvalue weighted by atomic mass is 19.1. The average Bonchev–Trinajstić information content (AvgIpc) is 2.45. The van der Waals surface area contributed by atoms with E-state index in [0.717, 1.165) is 6.07 Å². The molecule has 0 spiro atoms. The number of hydrogen-bond donors (Lipinski definition) is 0. The third-order valence-corrected chi connectivity index (χ3v) is 3.25. The number of rotatable bonds is 3. The third-order valence-electron chi connectivity index (χ3n) is 3.25. The number of esters is 1. The Morgan fingerprint density at radius 2 is 1.64 bits per heavy atom. The summed E-state index contributed by atoms with van der Waals surface area (Å²) in [5, 5.41) is 0.